The Morgan fingerprint density at radius 3 is 1.21 bits per heavy atom. The highest BCUT2D eigenvalue weighted by atomic mass is 35.6. The van der Waals surface area contributed by atoms with Gasteiger partial charge in [0.1, 0.15) is 0 Å². The maximum Gasteiger partial charge on any atom is 0.388 e. The van der Waals surface area contributed by atoms with Crippen LogP contribution in [0.4, 0.5) is 26.3 Å². The van der Waals surface area contributed by atoms with Crippen LogP contribution in [-0.4, -0.2) is 36.2 Å². The summed E-state index contributed by atoms with van der Waals surface area (Å²) in [4.78, 5) is 0. The summed E-state index contributed by atoms with van der Waals surface area (Å²) < 4.78 is 90.2. The molecule has 2 rings (SSSR count). The van der Waals surface area contributed by atoms with Gasteiger partial charge in [0.25, 0.3) is 15.3 Å². The zero-order chi connectivity index (χ0) is 25.0. The number of alkyl halides is 6. The number of hydrogen-bond donors (Lipinski definition) is 0. The van der Waals surface area contributed by atoms with Gasteiger partial charge in [-0.05, 0) is 35.6 Å². The predicted octanol–water partition coefficient (Wildman–Crippen LogP) is 6.80. The molecule has 0 aliphatic carbocycles. The first-order valence-electron chi connectivity index (χ1n) is 10.1. The van der Waals surface area contributed by atoms with Gasteiger partial charge in [0, 0.05) is 12.8 Å². The number of benzene rings is 2. The van der Waals surface area contributed by atoms with E-state index in [0.717, 1.165) is 0 Å². The minimum absolute atomic E-state index is 0.445. The van der Waals surface area contributed by atoms with E-state index in [2.05, 4.69) is 0 Å². The zero-order valence-corrected chi connectivity index (χ0v) is 22.5. The van der Waals surface area contributed by atoms with E-state index in [0.29, 0.717) is 10.4 Å². The van der Waals surface area contributed by atoms with Gasteiger partial charge in [-0.1, -0.05) is 60.7 Å². The van der Waals surface area contributed by atoms with Gasteiger partial charge >= 0.3 is 20.9 Å². The lowest BCUT2D eigenvalue weighted by Crippen LogP contribution is -2.69. The first-order chi connectivity index (χ1) is 15.0. The average molecular weight is 566 g/mol. The van der Waals surface area contributed by atoms with Crippen LogP contribution in [0.3, 0.4) is 0 Å². The summed E-state index contributed by atoms with van der Waals surface area (Å²) in [6.07, 6.45) is -11.1. The SMILES string of the molecule is C[Si](Cl)(CCC(F)(F)F)O[Si](O[Si](C)(Cl)CCC(F)(F)F)(c1ccccc1)c1ccccc1. The molecule has 0 spiro atoms. The van der Waals surface area contributed by atoms with Crippen molar-refractivity contribution in [2.75, 3.05) is 0 Å². The molecule has 0 aliphatic heterocycles. The predicted molar refractivity (Wildman–Crippen MR) is 126 cm³/mol. The summed E-state index contributed by atoms with van der Waals surface area (Å²) in [6, 6.07) is 16.0. The Bertz CT molecular complexity index is 807. The number of halogens is 8. The van der Waals surface area contributed by atoms with Gasteiger partial charge in [-0.2, -0.15) is 26.3 Å². The van der Waals surface area contributed by atoms with Crippen molar-refractivity contribution in [3.8, 4) is 0 Å². The number of rotatable bonds is 10. The molecule has 33 heavy (non-hydrogen) atoms. The molecule has 0 radical (unpaired) electrons. The Labute approximate surface area is 201 Å². The summed E-state index contributed by atoms with van der Waals surface area (Å²) in [6.45, 7) is 2.86. The van der Waals surface area contributed by atoms with Crippen LogP contribution in [-0.2, 0) is 8.23 Å². The smallest absolute Gasteiger partial charge is 0.388 e. The van der Waals surface area contributed by atoms with Crippen molar-refractivity contribution in [2.45, 2.75) is 50.4 Å². The summed E-state index contributed by atoms with van der Waals surface area (Å²) in [5.41, 5.74) is 0. The Morgan fingerprint density at radius 1 is 0.636 bits per heavy atom. The van der Waals surface area contributed by atoms with Crippen LogP contribution in [0.25, 0.3) is 0 Å². The maximum atomic E-state index is 12.9. The van der Waals surface area contributed by atoms with Crippen LogP contribution in [0.1, 0.15) is 12.8 Å². The Morgan fingerprint density at radius 2 is 0.939 bits per heavy atom. The second kappa shape index (κ2) is 10.8. The van der Waals surface area contributed by atoms with Crippen LogP contribution in [0.5, 0.6) is 0 Å². The molecule has 0 amide bonds. The second-order valence-electron chi connectivity index (χ2n) is 7.99. The molecule has 0 heterocycles. The van der Waals surface area contributed by atoms with Gasteiger partial charge in [0.05, 0.1) is 0 Å². The molecule has 184 valence electrons. The van der Waals surface area contributed by atoms with Crippen molar-refractivity contribution < 1.29 is 34.6 Å². The van der Waals surface area contributed by atoms with Crippen LogP contribution in [0, 0.1) is 0 Å². The normalized spacial score (nSPS) is 16.8. The van der Waals surface area contributed by atoms with Crippen molar-refractivity contribution in [2.24, 2.45) is 0 Å². The molecule has 0 N–H and O–H groups in total. The molecule has 2 aromatic rings. The fourth-order valence-electron chi connectivity index (χ4n) is 3.17. The van der Waals surface area contributed by atoms with Crippen LogP contribution in [0.15, 0.2) is 60.7 Å². The molecule has 0 aliphatic rings. The third-order valence-corrected chi connectivity index (χ3v) is 17.4. The highest BCUT2D eigenvalue weighted by Crippen LogP contribution is 2.34. The van der Waals surface area contributed by atoms with Crippen LogP contribution in [0.2, 0.25) is 25.2 Å². The van der Waals surface area contributed by atoms with Crippen molar-refractivity contribution in [1.82, 2.24) is 0 Å². The van der Waals surface area contributed by atoms with Crippen molar-refractivity contribution in [3.63, 3.8) is 0 Å². The van der Waals surface area contributed by atoms with Crippen LogP contribution >= 0.6 is 22.2 Å². The van der Waals surface area contributed by atoms with Crippen molar-refractivity contribution in [3.05, 3.63) is 60.7 Å². The molecular formula is C20H24Cl2F6O2Si3. The van der Waals surface area contributed by atoms with Gasteiger partial charge in [0.15, 0.2) is 0 Å². The Kier molecular flexibility index (Phi) is 9.33. The lowest BCUT2D eigenvalue weighted by molar-refractivity contribution is -0.131. The zero-order valence-electron chi connectivity index (χ0n) is 17.9. The standard InChI is InChI=1S/C20H24Cl2F6O2Si3/c1-31(21,15-13-19(23,24)25)29-33(17-9-5-3-6-10-17,18-11-7-4-8-12-18)30-32(2,22)16-14-20(26,27)28/h3-12H,13-16H2,1-2H3. The lowest BCUT2D eigenvalue weighted by Gasteiger charge is -2.41. The third kappa shape index (κ3) is 9.38. The Hall–Kier alpha value is -0.829. The second-order valence-corrected chi connectivity index (χ2v) is 22.2. The fraction of sp³-hybridized carbons (Fsp3) is 0.400. The number of hydrogen-bond acceptors (Lipinski definition) is 2. The lowest BCUT2D eigenvalue weighted by atomic mass is 10.4. The van der Waals surface area contributed by atoms with E-state index < -0.39 is 61.1 Å². The van der Waals surface area contributed by atoms with E-state index in [9.17, 15) is 26.3 Å². The van der Waals surface area contributed by atoms with Crippen molar-refractivity contribution in [1.29, 1.82) is 0 Å². The molecule has 0 aromatic heterocycles. The van der Waals surface area contributed by atoms with Gasteiger partial charge in [0.2, 0.25) is 0 Å². The molecule has 2 atom stereocenters. The molecule has 2 aromatic carbocycles. The quantitative estimate of drug-likeness (QED) is 0.179. The molecule has 0 saturated heterocycles. The summed E-state index contributed by atoms with van der Waals surface area (Å²) >= 11 is 13.1. The molecule has 2 nitrogen and oxygen atoms in total. The average Bonchev–Trinajstić information content (AvgIpc) is 2.71. The first kappa shape index (κ1) is 28.4. The molecule has 0 fully saturated rings. The highest BCUT2D eigenvalue weighted by Gasteiger charge is 2.53. The highest BCUT2D eigenvalue weighted by molar-refractivity contribution is 7.23. The third-order valence-electron chi connectivity index (χ3n) is 4.73. The van der Waals surface area contributed by atoms with Crippen molar-refractivity contribution >= 4 is 56.3 Å². The van der Waals surface area contributed by atoms with E-state index in [1.54, 1.807) is 60.7 Å². The molecule has 13 heteroatoms. The molecular weight excluding hydrogens is 541 g/mol. The summed E-state index contributed by atoms with van der Waals surface area (Å²) in [5, 5.41) is 1.02. The summed E-state index contributed by atoms with van der Waals surface area (Å²) in [7, 11) is -11.0. The van der Waals surface area contributed by atoms with E-state index in [4.69, 9.17) is 30.4 Å². The maximum absolute atomic E-state index is 12.9. The monoisotopic (exact) mass is 564 g/mol. The summed E-state index contributed by atoms with van der Waals surface area (Å²) in [5.74, 6) is 0. The largest absolute Gasteiger partial charge is 0.417 e. The molecule has 0 saturated carbocycles. The fourth-order valence-corrected chi connectivity index (χ4v) is 16.8. The van der Waals surface area contributed by atoms with E-state index in [1.165, 1.54) is 13.1 Å². The molecule has 2 unspecified atom stereocenters. The van der Waals surface area contributed by atoms with Gasteiger partial charge in [-0.25, -0.2) is 0 Å². The van der Waals surface area contributed by atoms with E-state index in [1.807, 2.05) is 0 Å². The minimum atomic E-state index is -4.43. The Balaban J connectivity index is 2.57. The van der Waals surface area contributed by atoms with E-state index in [-0.39, 0.29) is 0 Å². The topological polar surface area (TPSA) is 18.5 Å². The van der Waals surface area contributed by atoms with Gasteiger partial charge in [-0.15, -0.1) is 22.2 Å². The van der Waals surface area contributed by atoms with Gasteiger partial charge in [-0.3, -0.25) is 0 Å². The first-order valence-corrected chi connectivity index (χ1v) is 19.1. The van der Waals surface area contributed by atoms with Gasteiger partial charge < -0.3 is 8.23 Å². The van der Waals surface area contributed by atoms with E-state index >= 15 is 0 Å². The van der Waals surface area contributed by atoms with Crippen LogP contribution < -0.4 is 10.4 Å². The molecule has 0 bridgehead atoms. The minimum Gasteiger partial charge on any atom is -0.417 e.